The van der Waals surface area contributed by atoms with Gasteiger partial charge in [0.25, 0.3) is 0 Å². The van der Waals surface area contributed by atoms with Crippen LogP contribution in [0.2, 0.25) is 30.1 Å². The van der Waals surface area contributed by atoms with Gasteiger partial charge in [-0.15, -0.1) is 0 Å². The first-order chi connectivity index (χ1) is 28.4. The van der Waals surface area contributed by atoms with Crippen molar-refractivity contribution in [1.29, 1.82) is 0 Å². The zero-order chi connectivity index (χ0) is 43.0. The number of hydrogen-bond acceptors (Lipinski definition) is 6. The summed E-state index contributed by atoms with van der Waals surface area (Å²) in [5, 5.41) is 9.39. The molecule has 4 aliphatic rings. The number of carbonyl (C=O) groups excluding carboxylic acids is 2. The van der Waals surface area contributed by atoms with E-state index in [4.69, 9.17) is 69.6 Å². The summed E-state index contributed by atoms with van der Waals surface area (Å²) in [6.07, 6.45) is 5.24. The van der Waals surface area contributed by atoms with Gasteiger partial charge in [-0.25, -0.2) is 16.8 Å². The average Bonchev–Trinajstić information content (AvgIpc) is 3.14. The van der Waals surface area contributed by atoms with Gasteiger partial charge in [-0.05, 0) is 122 Å². The molecule has 320 valence electrons. The van der Waals surface area contributed by atoms with Crippen LogP contribution in [0.4, 0.5) is 0 Å². The lowest BCUT2D eigenvalue weighted by Gasteiger charge is -2.59. The Morgan fingerprint density at radius 3 is 1.17 bits per heavy atom. The van der Waals surface area contributed by atoms with Gasteiger partial charge in [-0.1, -0.05) is 81.7 Å². The highest BCUT2D eigenvalue weighted by Gasteiger charge is 2.59. The lowest BCUT2D eigenvalue weighted by molar-refractivity contribution is -0.128. The number of carbonyl (C=O) groups is 2. The molecule has 2 atom stereocenters. The third kappa shape index (κ3) is 9.78. The van der Waals surface area contributed by atoms with Crippen LogP contribution in [0.15, 0.2) is 94.7 Å². The molecule has 2 aliphatic heterocycles. The molecule has 8 rings (SSSR count). The highest BCUT2D eigenvalue weighted by Crippen LogP contribution is 2.51. The Bertz CT molecular complexity index is 2310. The molecule has 2 N–H and O–H groups in total. The molecule has 4 fully saturated rings. The lowest BCUT2D eigenvalue weighted by atomic mass is 9.60. The van der Waals surface area contributed by atoms with Gasteiger partial charge in [0.1, 0.15) is 0 Å². The normalized spacial score (nSPS) is 20.4. The fourth-order valence-corrected chi connectivity index (χ4v) is 12.8. The molecule has 2 heterocycles. The van der Waals surface area contributed by atoms with Crippen LogP contribution in [0.5, 0.6) is 0 Å². The molecular formula is C42H42Cl6N4O6S2. The number of benzene rings is 4. The van der Waals surface area contributed by atoms with Gasteiger partial charge in [0.2, 0.25) is 31.9 Å². The molecule has 2 amide bonds. The zero-order valence-electron chi connectivity index (χ0n) is 32.2. The Morgan fingerprint density at radius 2 is 0.867 bits per heavy atom. The molecule has 0 radical (unpaired) electrons. The first kappa shape index (κ1) is 45.4. The number of rotatable bonds is 12. The number of nitrogens with zero attached hydrogens (tertiary/aromatic N) is 2. The van der Waals surface area contributed by atoms with Crippen molar-refractivity contribution < 1.29 is 26.4 Å². The van der Waals surface area contributed by atoms with Gasteiger partial charge >= 0.3 is 0 Å². The van der Waals surface area contributed by atoms with Crippen molar-refractivity contribution in [2.45, 2.75) is 73.2 Å². The highest BCUT2D eigenvalue weighted by atomic mass is 35.5. The van der Waals surface area contributed by atoms with Crippen LogP contribution in [-0.2, 0) is 42.5 Å². The molecule has 4 aromatic rings. The van der Waals surface area contributed by atoms with Crippen molar-refractivity contribution in [2.75, 3.05) is 26.2 Å². The van der Waals surface area contributed by atoms with E-state index in [1.165, 1.54) is 32.9 Å². The van der Waals surface area contributed by atoms with Crippen molar-refractivity contribution >= 4 is 101 Å². The minimum atomic E-state index is -3.54. The molecule has 4 aromatic carbocycles. The van der Waals surface area contributed by atoms with Crippen molar-refractivity contribution in [3.63, 3.8) is 0 Å². The first-order valence-electron chi connectivity index (χ1n) is 19.4. The van der Waals surface area contributed by atoms with E-state index in [1.807, 2.05) is 12.1 Å². The van der Waals surface area contributed by atoms with E-state index < -0.39 is 20.0 Å². The van der Waals surface area contributed by atoms with E-state index in [0.717, 1.165) is 36.8 Å². The molecule has 0 aromatic heterocycles. The molecule has 2 saturated heterocycles. The van der Waals surface area contributed by atoms with Crippen LogP contribution in [-0.4, -0.2) is 75.5 Å². The van der Waals surface area contributed by atoms with Crippen LogP contribution < -0.4 is 10.6 Å². The van der Waals surface area contributed by atoms with Crippen LogP contribution >= 0.6 is 69.6 Å². The number of nitrogens with one attached hydrogen (secondary N) is 2. The van der Waals surface area contributed by atoms with Crippen LogP contribution in [0.25, 0.3) is 0 Å². The van der Waals surface area contributed by atoms with Crippen molar-refractivity contribution in [3.8, 4) is 0 Å². The number of amides is 2. The highest BCUT2D eigenvalue weighted by molar-refractivity contribution is 7.89. The van der Waals surface area contributed by atoms with E-state index >= 15 is 0 Å². The van der Waals surface area contributed by atoms with Gasteiger partial charge in [0.15, 0.2) is 0 Å². The van der Waals surface area contributed by atoms with Crippen LogP contribution in [0.1, 0.15) is 49.7 Å². The molecule has 2 spiro atoms. The standard InChI is InChI=1S/2C21H21Cl3N2O3S/c2*22-15-4-6-17(7-5-15)30(28,29)26-12-21(13-26)10-9-19(21)25-20(27)8-2-14-1-3-16(23)11-18(14)24/h2*1,3-7,11,19H,2,8-10,12-13H2,(H,25,27)/t2*19-/m10/s1. The summed E-state index contributed by atoms with van der Waals surface area (Å²) in [6, 6.07) is 22.9. The predicted molar refractivity (Wildman–Crippen MR) is 237 cm³/mol. The van der Waals surface area contributed by atoms with E-state index in [2.05, 4.69) is 10.6 Å². The molecule has 0 bridgehead atoms. The fraction of sp³-hybridized carbons (Fsp3) is 0.381. The Balaban J connectivity index is 0.000000181. The van der Waals surface area contributed by atoms with Gasteiger partial charge < -0.3 is 10.6 Å². The topological polar surface area (TPSA) is 133 Å². The van der Waals surface area contributed by atoms with Crippen molar-refractivity contribution in [3.05, 3.63) is 126 Å². The fourth-order valence-electron chi connectivity index (χ4n) is 8.24. The van der Waals surface area contributed by atoms with Gasteiger partial charge in [-0.2, -0.15) is 8.61 Å². The minimum absolute atomic E-state index is 0.00218. The summed E-state index contributed by atoms with van der Waals surface area (Å²) in [5.41, 5.74) is 1.44. The van der Waals surface area contributed by atoms with Gasteiger partial charge in [-0.3, -0.25) is 9.59 Å². The summed E-state index contributed by atoms with van der Waals surface area (Å²) in [4.78, 5) is 25.3. The molecular weight excluding hydrogens is 933 g/mol. The summed E-state index contributed by atoms with van der Waals surface area (Å²) in [7, 11) is -7.07. The number of sulfonamides is 2. The first-order valence-corrected chi connectivity index (χ1v) is 24.5. The largest absolute Gasteiger partial charge is 0.353 e. The summed E-state index contributed by atoms with van der Waals surface area (Å²) in [6.45, 7) is 1.69. The Hall–Kier alpha value is -2.62. The summed E-state index contributed by atoms with van der Waals surface area (Å²) in [5.74, 6) is -0.104. The maximum absolute atomic E-state index is 12.8. The predicted octanol–water partition coefficient (Wildman–Crippen LogP) is 9.10. The molecule has 2 saturated carbocycles. The lowest BCUT2D eigenvalue weighted by Crippen LogP contribution is -2.71. The third-order valence-electron chi connectivity index (χ3n) is 12.2. The van der Waals surface area contributed by atoms with Gasteiger partial charge in [0.05, 0.1) is 9.79 Å². The number of aryl methyl sites for hydroxylation is 2. The minimum Gasteiger partial charge on any atom is -0.353 e. The quantitative estimate of drug-likeness (QED) is 0.146. The molecule has 10 nitrogen and oxygen atoms in total. The monoisotopic (exact) mass is 972 g/mol. The molecule has 2 aliphatic carbocycles. The van der Waals surface area contributed by atoms with Crippen LogP contribution in [0.3, 0.4) is 0 Å². The second-order valence-electron chi connectivity index (χ2n) is 16.0. The smallest absolute Gasteiger partial charge is 0.243 e. The maximum Gasteiger partial charge on any atom is 0.243 e. The Morgan fingerprint density at radius 1 is 0.533 bits per heavy atom. The molecule has 60 heavy (non-hydrogen) atoms. The Labute approximate surface area is 380 Å². The zero-order valence-corrected chi connectivity index (χ0v) is 38.3. The number of halogens is 6. The third-order valence-corrected chi connectivity index (χ3v) is 17.4. The van der Waals surface area contributed by atoms with E-state index in [1.54, 1.807) is 48.5 Å². The molecule has 18 heteroatoms. The van der Waals surface area contributed by atoms with E-state index in [9.17, 15) is 26.4 Å². The maximum atomic E-state index is 12.8. The Kier molecular flexibility index (Phi) is 13.8. The summed E-state index contributed by atoms with van der Waals surface area (Å²) >= 11 is 35.8. The second-order valence-corrected chi connectivity index (χ2v) is 22.4. The van der Waals surface area contributed by atoms with E-state index in [0.29, 0.717) is 82.0 Å². The van der Waals surface area contributed by atoms with E-state index in [-0.39, 0.29) is 44.5 Å². The van der Waals surface area contributed by atoms with Crippen molar-refractivity contribution in [2.24, 2.45) is 10.8 Å². The number of hydrogen-bond donors (Lipinski definition) is 2. The molecule has 0 unspecified atom stereocenters. The van der Waals surface area contributed by atoms with Crippen molar-refractivity contribution in [1.82, 2.24) is 19.2 Å². The second kappa shape index (κ2) is 18.2. The summed E-state index contributed by atoms with van der Waals surface area (Å²) < 4.78 is 54.0. The SMILES string of the molecule is O=C(CCc1ccc(Cl)cc1Cl)N[C@@H]1CCC12CN(S(=O)(=O)c1ccc(Cl)cc1)C2.O=C(CCc1ccc(Cl)cc1Cl)N[C@H]1CCC12CN(S(=O)(=O)c1ccc(Cl)cc1)C2. The van der Waals surface area contributed by atoms with Crippen LogP contribution in [0, 0.1) is 10.8 Å². The van der Waals surface area contributed by atoms with Gasteiger partial charge in [0, 0.05) is 92.1 Å². The average molecular weight is 976 g/mol.